The fourth-order valence-corrected chi connectivity index (χ4v) is 3.55. The molecule has 6 nitrogen and oxygen atoms in total. The van der Waals surface area contributed by atoms with Crippen molar-refractivity contribution in [1.29, 1.82) is 0 Å². The number of carbonyl (C=O) groups excluding carboxylic acids is 1. The number of anilines is 1. The van der Waals surface area contributed by atoms with Crippen molar-refractivity contribution in [1.82, 2.24) is 10.3 Å². The summed E-state index contributed by atoms with van der Waals surface area (Å²) in [4.78, 5) is 16.0. The molecule has 2 atom stereocenters. The van der Waals surface area contributed by atoms with Crippen molar-refractivity contribution in [2.24, 2.45) is 5.92 Å². The number of aliphatic hydroxyl groups excluding tert-OH is 1. The second kappa shape index (κ2) is 8.43. The Morgan fingerprint density at radius 3 is 2.59 bits per heavy atom. The molecule has 0 bridgehead atoms. The maximum atomic E-state index is 12.7. The van der Waals surface area contributed by atoms with Gasteiger partial charge in [0.25, 0.3) is 0 Å². The van der Waals surface area contributed by atoms with E-state index in [1.807, 2.05) is 0 Å². The number of rotatable bonds is 4. The molecule has 150 valence electrons. The molecule has 0 radical (unpaired) electrons. The second-order valence-corrected chi connectivity index (χ2v) is 7.14. The quantitative estimate of drug-likeness (QED) is 0.739. The Kier molecular flexibility index (Phi) is 6.21. The normalized spacial score (nSPS) is 29.2. The third-order valence-corrected chi connectivity index (χ3v) is 5.14. The summed E-state index contributed by atoms with van der Waals surface area (Å²) in [5.41, 5.74) is -0.922. The van der Waals surface area contributed by atoms with Crippen molar-refractivity contribution in [2.75, 3.05) is 18.5 Å². The number of hydrogen-bond acceptors (Lipinski definition) is 5. The Balaban J connectivity index is 1.48. The molecule has 2 aliphatic rings. The lowest BCUT2D eigenvalue weighted by Gasteiger charge is -2.32. The van der Waals surface area contributed by atoms with E-state index in [1.165, 1.54) is 12.1 Å². The fraction of sp³-hybridized carbons (Fsp3) is 0.667. The van der Waals surface area contributed by atoms with Crippen LogP contribution in [0, 0.1) is 5.92 Å². The highest BCUT2D eigenvalue weighted by Crippen LogP contribution is 2.30. The van der Waals surface area contributed by atoms with Crippen LogP contribution in [0.2, 0.25) is 0 Å². The first-order chi connectivity index (χ1) is 12.8. The molecule has 0 unspecified atom stereocenters. The topological polar surface area (TPSA) is 83.5 Å². The lowest BCUT2D eigenvalue weighted by molar-refractivity contribution is -0.141. The molecule has 1 aromatic rings. The molecule has 2 heterocycles. The molecule has 3 rings (SSSR count). The fourth-order valence-electron chi connectivity index (χ4n) is 3.55. The molecule has 27 heavy (non-hydrogen) atoms. The van der Waals surface area contributed by atoms with Gasteiger partial charge in [-0.05, 0) is 44.2 Å². The van der Waals surface area contributed by atoms with Gasteiger partial charge in [0.2, 0.25) is 5.91 Å². The van der Waals surface area contributed by atoms with E-state index in [0.29, 0.717) is 45.3 Å². The number of hydrogen-bond donors (Lipinski definition) is 3. The smallest absolute Gasteiger partial charge is 0.391 e. The minimum absolute atomic E-state index is 0.0198. The Morgan fingerprint density at radius 2 is 1.93 bits per heavy atom. The van der Waals surface area contributed by atoms with Crippen molar-refractivity contribution in [3.63, 3.8) is 0 Å². The molecule has 1 saturated heterocycles. The van der Waals surface area contributed by atoms with Gasteiger partial charge in [-0.25, -0.2) is 4.98 Å². The van der Waals surface area contributed by atoms with E-state index in [1.54, 1.807) is 0 Å². The summed E-state index contributed by atoms with van der Waals surface area (Å²) in [5.74, 6) is -0.0629. The van der Waals surface area contributed by atoms with Crippen molar-refractivity contribution < 1.29 is 27.8 Å². The van der Waals surface area contributed by atoms with Gasteiger partial charge in [0, 0.05) is 18.6 Å². The first-order valence-electron chi connectivity index (χ1n) is 9.20. The van der Waals surface area contributed by atoms with E-state index in [0.717, 1.165) is 6.07 Å². The van der Waals surface area contributed by atoms with Gasteiger partial charge in [0.1, 0.15) is 11.5 Å². The molecule has 0 aromatic carbocycles. The standard InChI is InChI=1S/C18H24F3N3O3/c19-18(20,21)15-2-1-3-16(24-15)22-12-6-4-11(5-7-12)17(26)23-13-10-27-9-8-14(13)25/h1-3,11-14,25H,4-10H2,(H,22,24)(H,23,26)/t11?,12?,13-,14+/m1/s1. The van der Waals surface area contributed by atoms with Gasteiger partial charge in [0.05, 0.1) is 18.8 Å². The van der Waals surface area contributed by atoms with Gasteiger partial charge >= 0.3 is 6.18 Å². The van der Waals surface area contributed by atoms with Gasteiger partial charge in [-0.3, -0.25) is 4.79 Å². The van der Waals surface area contributed by atoms with E-state index in [4.69, 9.17) is 4.74 Å². The van der Waals surface area contributed by atoms with Gasteiger partial charge in [-0.2, -0.15) is 13.2 Å². The zero-order valence-electron chi connectivity index (χ0n) is 14.8. The van der Waals surface area contributed by atoms with E-state index >= 15 is 0 Å². The highest BCUT2D eigenvalue weighted by Gasteiger charge is 2.33. The summed E-state index contributed by atoms with van der Waals surface area (Å²) >= 11 is 0. The minimum Gasteiger partial charge on any atom is -0.391 e. The zero-order chi connectivity index (χ0) is 19.4. The number of aliphatic hydroxyl groups is 1. The molecule has 1 aliphatic heterocycles. The van der Waals surface area contributed by atoms with Crippen molar-refractivity contribution >= 4 is 11.7 Å². The van der Waals surface area contributed by atoms with E-state index < -0.39 is 18.0 Å². The summed E-state index contributed by atoms with van der Waals surface area (Å²) in [6.45, 7) is 0.804. The van der Waals surface area contributed by atoms with Crippen molar-refractivity contribution in [3.05, 3.63) is 23.9 Å². The first-order valence-corrected chi connectivity index (χ1v) is 9.20. The lowest BCUT2D eigenvalue weighted by Crippen LogP contribution is -2.51. The summed E-state index contributed by atoms with van der Waals surface area (Å²) < 4.78 is 43.5. The molecule has 1 amide bonds. The summed E-state index contributed by atoms with van der Waals surface area (Å²) in [5, 5.41) is 15.8. The number of aromatic nitrogens is 1. The Bertz CT molecular complexity index is 648. The molecule has 3 N–H and O–H groups in total. The third-order valence-electron chi connectivity index (χ3n) is 5.14. The van der Waals surface area contributed by atoms with Crippen molar-refractivity contribution in [3.8, 4) is 0 Å². The van der Waals surface area contributed by atoms with E-state index in [2.05, 4.69) is 15.6 Å². The maximum Gasteiger partial charge on any atom is 0.433 e. The highest BCUT2D eigenvalue weighted by atomic mass is 19.4. The van der Waals surface area contributed by atoms with Gasteiger partial charge in [-0.1, -0.05) is 6.07 Å². The summed E-state index contributed by atoms with van der Waals surface area (Å²) in [6.07, 6.45) is -1.96. The maximum absolute atomic E-state index is 12.7. The Morgan fingerprint density at radius 1 is 1.19 bits per heavy atom. The Hall–Kier alpha value is -1.87. The molecule has 1 aliphatic carbocycles. The minimum atomic E-state index is -4.47. The lowest BCUT2D eigenvalue weighted by atomic mass is 9.85. The Labute approximate surface area is 155 Å². The van der Waals surface area contributed by atoms with E-state index in [9.17, 15) is 23.1 Å². The van der Waals surface area contributed by atoms with Crippen molar-refractivity contribution in [2.45, 2.75) is 56.5 Å². The summed E-state index contributed by atoms with van der Waals surface area (Å²) in [6, 6.07) is 3.38. The largest absolute Gasteiger partial charge is 0.433 e. The highest BCUT2D eigenvalue weighted by molar-refractivity contribution is 5.79. The molecular weight excluding hydrogens is 363 g/mol. The molecule has 1 saturated carbocycles. The molecule has 2 fully saturated rings. The van der Waals surface area contributed by atoms with Crippen LogP contribution in [0.4, 0.5) is 19.0 Å². The van der Waals surface area contributed by atoms with Crippen LogP contribution in [0.15, 0.2) is 18.2 Å². The van der Waals surface area contributed by atoms with Gasteiger partial charge in [0.15, 0.2) is 0 Å². The van der Waals surface area contributed by atoms with Crippen LogP contribution in [0.25, 0.3) is 0 Å². The van der Waals surface area contributed by atoms with E-state index in [-0.39, 0.29) is 29.7 Å². The number of alkyl halides is 3. The number of nitrogens with zero attached hydrogens (tertiary/aromatic N) is 1. The monoisotopic (exact) mass is 387 g/mol. The first kappa shape index (κ1) is 19.9. The number of nitrogens with one attached hydrogen (secondary N) is 2. The third kappa shape index (κ3) is 5.32. The van der Waals surface area contributed by atoms with Crippen LogP contribution in [-0.2, 0) is 15.7 Å². The number of amides is 1. The van der Waals surface area contributed by atoms with Crippen LogP contribution >= 0.6 is 0 Å². The van der Waals surface area contributed by atoms with Crippen LogP contribution in [-0.4, -0.2) is 47.4 Å². The van der Waals surface area contributed by atoms with Gasteiger partial charge in [-0.15, -0.1) is 0 Å². The average molecular weight is 387 g/mol. The van der Waals surface area contributed by atoms with Crippen LogP contribution in [0.1, 0.15) is 37.8 Å². The predicted octanol–water partition coefficient (Wildman–Crippen LogP) is 2.34. The second-order valence-electron chi connectivity index (χ2n) is 7.14. The SMILES string of the molecule is O=C(N[C@@H]1COCC[C@@H]1O)C1CCC(Nc2cccc(C(F)(F)F)n2)CC1. The number of carbonyl (C=O) groups is 1. The van der Waals surface area contributed by atoms with Crippen LogP contribution in [0.5, 0.6) is 0 Å². The van der Waals surface area contributed by atoms with Crippen LogP contribution in [0.3, 0.4) is 0 Å². The molecule has 9 heteroatoms. The van der Waals surface area contributed by atoms with Gasteiger partial charge < -0.3 is 20.5 Å². The number of ether oxygens (including phenoxy) is 1. The average Bonchev–Trinajstić information content (AvgIpc) is 2.64. The van der Waals surface area contributed by atoms with Crippen LogP contribution < -0.4 is 10.6 Å². The number of halogens is 3. The molecular formula is C18H24F3N3O3. The number of pyridine rings is 1. The summed E-state index contributed by atoms with van der Waals surface area (Å²) in [7, 11) is 0. The molecule has 0 spiro atoms. The molecule has 1 aromatic heterocycles. The predicted molar refractivity (Wildman–Crippen MR) is 92.0 cm³/mol. The zero-order valence-corrected chi connectivity index (χ0v) is 14.8.